The molecule has 1 unspecified atom stereocenters. The number of hydrogen-bond acceptors (Lipinski definition) is 3. The number of nitrogens with one attached hydrogen (secondary N) is 1. The third-order valence-corrected chi connectivity index (χ3v) is 5.91. The summed E-state index contributed by atoms with van der Waals surface area (Å²) in [7, 11) is 0. The van der Waals surface area contributed by atoms with E-state index in [2.05, 4.69) is 33.0 Å². The third kappa shape index (κ3) is 5.54. The number of ether oxygens (including phenoxy) is 1. The molecule has 1 atom stereocenters. The molecule has 3 rings (SSSR count). The summed E-state index contributed by atoms with van der Waals surface area (Å²) >= 11 is 0. The van der Waals surface area contributed by atoms with Crippen LogP contribution in [-0.4, -0.2) is 22.4 Å². The number of fused-ring (bicyclic) bond motifs is 2. The van der Waals surface area contributed by atoms with Gasteiger partial charge in [0.05, 0.1) is 23.7 Å². The Kier molecular flexibility index (Phi) is 7.29. The van der Waals surface area contributed by atoms with E-state index in [1.54, 1.807) is 4.57 Å². The Hall–Kier alpha value is -3.02. The van der Waals surface area contributed by atoms with Crippen LogP contribution < -0.4 is 15.6 Å². The van der Waals surface area contributed by atoms with Crippen molar-refractivity contribution < 1.29 is 14.6 Å². The fourth-order valence-electron chi connectivity index (χ4n) is 4.33. The lowest BCUT2D eigenvalue weighted by atomic mass is 9.83. The Morgan fingerprint density at radius 3 is 2.15 bits per heavy atom. The topological polar surface area (TPSA) is 80.6 Å². The SMILES string of the molecule is CCCCOc1c(C(NC(=O)O)C(C)(C)C)n(CC(C)(C)C)c(=O)c2cc3ccccc3cc12. The van der Waals surface area contributed by atoms with Gasteiger partial charge in [0.25, 0.3) is 5.56 Å². The van der Waals surface area contributed by atoms with E-state index < -0.39 is 17.6 Å². The predicted molar refractivity (Wildman–Crippen MR) is 139 cm³/mol. The fraction of sp³-hybridized carbons (Fsp3) is 0.500. The van der Waals surface area contributed by atoms with Gasteiger partial charge in [-0.1, -0.05) is 79.2 Å². The lowest BCUT2D eigenvalue weighted by molar-refractivity contribution is 0.169. The molecule has 1 heterocycles. The van der Waals surface area contributed by atoms with E-state index in [0.717, 1.165) is 29.0 Å². The predicted octanol–water partition coefficient (Wildman–Crippen LogP) is 6.73. The maximum absolute atomic E-state index is 14.0. The van der Waals surface area contributed by atoms with E-state index >= 15 is 0 Å². The Morgan fingerprint density at radius 2 is 1.65 bits per heavy atom. The van der Waals surface area contributed by atoms with Crippen molar-refractivity contribution in [3.8, 4) is 5.75 Å². The van der Waals surface area contributed by atoms with Crippen LogP contribution in [0.3, 0.4) is 0 Å². The molecule has 2 N–H and O–H groups in total. The summed E-state index contributed by atoms with van der Waals surface area (Å²) in [6.07, 6.45) is 0.695. The third-order valence-electron chi connectivity index (χ3n) is 5.91. The van der Waals surface area contributed by atoms with Gasteiger partial charge in [0.2, 0.25) is 0 Å². The Morgan fingerprint density at radius 1 is 1.06 bits per heavy atom. The molecule has 0 saturated carbocycles. The number of carbonyl (C=O) groups is 1. The number of amides is 1. The van der Waals surface area contributed by atoms with Crippen molar-refractivity contribution in [2.75, 3.05) is 6.61 Å². The first-order valence-corrected chi connectivity index (χ1v) is 12.0. The molecule has 1 aromatic heterocycles. The second kappa shape index (κ2) is 9.69. The van der Waals surface area contributed by atoms with Crippen molar-refractivity contribution in [1.82, 2.24) is 9.88 Å². The molecule has 0 saturated heterocycles. The van der Waals surface area contributed by atoms with Gasteiger partial charge in [0.1, 0.15) is 5.75 Å². The summed E-state index contributed by atoms with van der Waals surface area (Å²) in [5, 5.41) is 15.7. The van der Waals surface area contributed by atoms with Crippen LogP contribution in [0.4, 0.5) is 4.79 Å². The minimum absolute atomic E-state index is 0.130. The number of benzene rings is 2. The van der Waals surface area contributed by atoms with Crippen molar-refractivity contribution >= 4 is 27.6 Å². The first-order valence-electron chi connectivity index (χ1n) is 12.0. The molecule has 0 radical (unpaired) electrons. The van der Waals surface area contributed by atoms with Gasteiger partial charge in [0.15, 0.2) is 0 Å². The molecule has 6 heteroatoms. The number of unbranched alkanes of at least 4 members (excludes halogenated alkanes) is 1. The first kappa shape index (κ1) is 25.6. The van der Waals surface area contributed by atoms with Crippen molar-refractivity contribution in [3.05, 3.63) is 52.4 Å². The zero-order chi connectivity index (χ0) is 25.3. The van der Waals surface area contributed by atoms with Crippen LogP contribution in [0.25, 0.3) is 21.5 Å². The number of carboxylic acid groups (broad SMARTS) is 1. The smallest absolute Gasteiger partial charge is 0.405 e. The monoisotopic (exact) mass is 466 g/mol. The zero-order valence-electron chi connectivity index (χ0n) is 21.5. The number of nitrogens with zero attached hydrogens (tertiary/aromatic N) is 1. The highest BCUT2D eigenvalue weighted by atomic mass is 16.5. The van der Waals surface area contributed by atoms with Crippen molar-refractivity contribution in [1.29, 1.82) is 0 Å². The van der Waals surface area contributed by atoms with Crippen LogP contribution in [-0.2, 0) is 6.54 Å². The molecule has 0 aliphatic heterocycles. The summed E-state index contributed by atoms with van der Waals surface area (Å²) in [5.74, 6) is 0.590. The van der Waals surface area contributed by atoms with Crippen molar-refractivity contribution in [2.24, 2.45) is 10.8 Å². The molecule has 0 aliphatic carbocycles. The number of aromatic nitrogens is 1. The van der Waals surface area contributed by atoms with Gasteiger partial charge in [-0.25, -0.2) is 4.79 Å². The van der Waals surface area contributed by atoms with Crippen LogP contribution in [0, 0.1) is 10.8 Å². The van der Waals surface area contributed by atoms with Crippen molar-refractivity contribution in [3.63, 3.8) is 0 Å². The molecular weight excluding hydrogens is 428 g/mol. The van der Waals surface area contributed by atoms with E-state index in [9.17, 15) is 14.7 Å². The molecule has 0 bridgehead atoms. The van der Waals surface area contributed by atoms with Crippen molar-refractivity contribution in [2.45, 2.75) is 73.9 Å². The number of hydrogen-bond donors (Lipinski definition) is 2. The summed E-state index contributed by atoms with van der Waals surface area (Å²) in [5.41, 5.74) is -0.253. The highest BCUT2D eigenvalue weighted by Crippen LogP contribution is 2.42. The van der Waals surface area contributed by atoms with Gasteiger partial charge < -0.3 is 19.7 Å². The van der Waals surface area contributed by atoms with E-state index in [1.807, 2.05) is 57.2 Å². The summed E-state index contributed by atoms with van der Waals surface area (Å²) in [6.45, 7) is 15.2. The molecule has 6 nitrogen and oxygen atoms in total. The molecule has 1 amide bonds. The van der Waals surface area contributed by atoms with Gasteiger partial charge in [-0.2, -0.15) is 0 Å². The lowest BCUT2D eigenvalue weighted by Gasteiger charge is -2.35. The van der Waals surface area contributed by atoms with Gasteiger partial charge in [-0.05, 0) is 40.2 Å². The Balaban J connectivity index is 2.50. The van der Waals surface area contributed by atoms with Crippen LogP contribution in [0.5, 0.6) is 5.75 Å². The maximum atomic E-state index is 14.0. The molecule has 34 heavy (non-hydrogen) atoms. The average Bonchev–Trinajstić information content (AvgIpc) is 2.73. The Bertz CT molecular complexity index is 1250. The highest BCUT2D eigenvalue weighted by molar-refractivity contribution is 6.01. The van der Waals surface area contributed by atoms with Crippen LogP contribution in [0.2, 0.25) is 0 Å². The minimum atomic E-state index is -1.13. The van der Waals surface area contributed by atoms with E-state index in [4.69, 9.17) is 4.74 Å². The van der Waals surface area contributed by atoms with E-state index in [1.165, 1.54) is 0 Å². The maximum Gasteiger partial charge on any atom is 0.405 e. The molecule has 3 aromatic rings. The average molecular weight is 467 g/mol. The van der Waals surface area contributed by atoms with E-state index in [-0.39, 0.29) is 11.0 Å². The normalized spacial score (nSPS) is 13.3. The lowest BCUT2D eigenvalue weighted by Crippen LogP contribution is -2.41. The second-order valence-electron chi connectivity index (χ2n) is 11.4. The molecule has 0 spiro atoms. The quantitative estimate of drug-likeness (QED) is 0.299. The molecule has 0 aliphatic rings. The summed E-state index contributed by atoms with van der Waals surface area (Å²) < 4.78 is 8.16. The van der Waals surface area contributed by atoms with Crippen LogP contribution in [0.1, 0.15) is 73.0 Å². The van der Waals surface area contributed by atoms with Crippen LogP contribution in [0.15, 0.2) is 41.2 Å². The number of pyridine rings is 1. The van der Waals surface area contributed by atoms with Gasteiger partial charge in [-0.3, -0.25) is 4.79 Å². The van der Waals surface area contributed by atoms with Gasteiger partial charge in [0, 0.05) is 11.9 Å². The van der Waals surface area contributed by atoms with Gasteiger partial charge >= 0.3 is 6.09 Å². The fourth-order valence-corrected chi connectivity index (χ4v) is 4.33. The molecule has 2 aromatic carbocycles. The van der Waals surface area contributed by atoms with Crippen LogP contribution >= 0.6 is 0 Å². The molecule has 0 fully saturated rings. The van der Waals surface area contributed by atoms with E-state index in [0.29, 0.717) is 30.0 Å². The number of rotatable bonds is 7. The summed E-state index contributed by atoms with van der Waals surface area (Å²) in [6, 6.07) is 11.2. The second-order valence-corrected chi connectivity index (χ2v) is 11.4. The standard InChI is InChI=1S/C28H38N2O4/c1-8-9-14-34-23-20-15-18-12-10-11-13-19(18)16-21(20)25(31)30(17-27(2,3)4)22(23)24(28(5,6)7)29-26(32)33/h10-13,15-16,24,29H,8-9,14,17H2,1-7H3,(H,32,33). The Labute approximate surface area is 201 Å². The highest BCUT2D eigenvalue weighted by Gasteiger charge is 2.35. The molecular formula is C28H38N2O4. The largest absolute Gasteiger partial charge is 0.491 e. The minimum Gasteiger partial charge on any atom is -0.491 e. The summed E-state index contributed by atoms with van der Waals surface area (Å²) in [4.78, 5) is 25.9. The van der Waals surface area contributed by atoms with Gasteiger partial charge in [-0.15, -0.1) is 0 Å². The molecule has 184 valence electrons. The zero-order valence-corrected chi connectivity index (χ0v) is 21.5. The first-order chi connectivity index (χ1) is 15.8.